The Kier molecular flexibility index (Phi) is 6.64. The van der Waals surface area contributed by atoms with Gasteiger partial charge in [0.15, 0.2) is 0 Å². The number of aromatic nitrogens is 1. The molecular weight excluding hydrogens is 362 g/mol. The van der Waals surface area contributed by atoms with Gasteiger partial charge in [-0.2, -0.15) is 10.4 Å². The zero-order valence-electron chi connectivity index (χ0n) is 16.8. The number of hydrogen-bond acceptors (Lipinski definition) is 4. The number of nitrogens with one attached hydrogen (secondary N) is 1. The number of nitrogens with zero attached hydrogens (tertiary/aromatic N) is 4. The number of anilines is 1. The Morgan fingerprint density at radius 3 is 2.59 bits per heavy atom. The maximum Gasteiger partial charge on any atom is 0.271 e. The fraction of sp³-hybridized carbons (Fsp3) is 0.261. The van der Waals surface area contributed by atoms with Crippen molar-refractivity contribution in [3.63, 3.8) is 0 Å². The molecule has 0 radical (unpaired) electrons. The lowest BCUT2D eigenvalue weighted by Gasteiger charge is -2.20. The van der Waals surface area contributed by atoms with Crippen LogP contribution in [0, 0.1) is 11.3 Å². The zero-order chi connectivity index (χ0) is 20.6. The molecule has 0 spiro atoms. The molecule has 29 heavy (non-hydrogen) atoms. The van der Waals surface area contributed by atoms with E-state index in [-0.39, 0.29) is 5.91 Å². The molecule has 0 aliphatic carbocycles. The summed E-state index contributed by atoms with van der Waals surface area (Å²) >= 11 is 0. The first kappa shape index (κ1) is 20.2. The molecule has 6 nitrogen and oxygen atoms in total. The molecule has 3 rings (SSSR count). The predicted octanol–water partition coefficient (Wildman–Crippen LogP) is 4.17. The maximum absolute atomic E-state index is 12.4. The molecule has 0 saturated heterocycles. The van der Waals surface area contributed by atoms with Gasteiger partial charge in [-0.05, 0) is 44.2 Å². The van der Waals surface area contributed by atoms with Crippen LogP contribution in [0.3, 0.4) is 0 Å². The van der Waals surface area contributed by atoms with Crippen LogP contribution in [0.15, 0.2) is 59.8 Å². The average molecular weight is 387 g/mol. The summed E-state index contributed by atoms with van der Waals surface area (Å²) in [5.74, 6) is -0.249. The molecule has 0 bridgehead atoms. The Hall–Kier alpha value is -3.59. The second kappa shape index (κ2) is 9.56. The van der Waals surface area contributed by atoms with Gasteiger partial charge in [0.05, 0.1) is 18.7 Å². The SMILES string of the molecule is CCN(CC)c1ccc(C(=O)N/N=C\c2cn(CCC#N)c3ccccc23)cc1. The van der Waals surface area contributed by atoms with Crippen molar-refractivity contribution in [3.05, 3.63) is 65.9 Å². The summed E-state index contributed by atoms with van der Waals surface area (Å²) in [6.07, 6.45) is 4.04. The molecule has 3 aromatic rings. The third-order valence-electron chi connectivity index (χ3n) is 4.91. The molecular formula is C23H25N5O. The Morgan fingerprint density at radius 2 is 1.90 bits per heavy atom. The van der Waals surface area contributed by atoms with Crippen LogP contribution >= 0.6 is 0 Å². The van der Waals surface area contributed by atoms with Gasteiger partial charge in [0.1, 0.15) is 0 Å². The van der Waals surface area contributed by atoms with Crippen molar-refractivity contribution in [2.24, 2.45) is 5.10 Å². The van der Waals surface area contributed by atoms with E-state index in [2.05, 4.69) is 35.3 Å². The van der Waals surface area contributed by atoms with E-state index in [4.69, 9.17) is 5.26 Å². The van der Waals surface area contributed by atoms with E-state index < -0.39 is 0 Å². The third-order valence-corrected chi connectivity index (χ3v) is 4.91. The number of hydrogen-bond donors (Lipinski definition) is 1. The van der Waals surface area contributed by atoms with Crippen molar-refractivity contribution in [1.29, 1.82) is 5.26 Å². The number of para-hydroxylation sites is 1. The maximum atomic E-state index is 12.4. The van der Waals surface area contributed by atoms with Crippen molar-refractivity contribution in [3.8, 4) is 6.07 Å². The van der Waals surface area contributed by atoms with Gasteiger partial charge in [0.25, 0.3) is 5.91 Å². The summed E-state index contributed by atoms with van der Waals surface area (Å²) in [6, 6.07) is 17.7. The molecule has 0 aliphatic heterocycles. The first-order valence-electron chi connectivity index (χ1n) is 9.81. The number of nitriles is 1. The monoisotopic (exact) mass is 387 g/mol. The topological polar surface area (TPSA) is 73.4 Å². The van der Waals surface area contributed by atoms with E-state index in [0.29, 0.717) is 18.5 Å². The normalized spacial score (nSPS) is 10.9. The van der Waals surface area contributed by atoms with Crippen molar-refractivity contribution >= 4 is 28.7 Å². The minimum atomic E-state index is -0.249. The van der Waals surface area contributed by atoms with E-state index >= 15 is 0 Å². The van der Waals surface area contributed by atoms with E-state index in [1.165, 1.54) is 0 Å². The molecule has 0 unspecified atom stereocenters. The summed E-state index contributed by atoms with van der Waals surface area (Å²) in [5.41, 5.74) is 6.20. The van der Waals surface area contributed by atoms with E-state index in [9.17, 15) is 4.79 Å². The predicted molar refractivity (Wildman–Crippen MR) is 117 cm³/mol. The second-order valence-corrected chi connectivity index (χ2v) is 6.62. The molecule has 0 saturated carbocycles. The van der Waals surface area contributed by atoms with Crippen LogP contribution in [-0.2, 0) is 6.54 Å². The standard InChI is InChI=1S/C23H25N5O/c1-3-27(4-2)20-12-10-18(11-13-20)23(29)26-25-16-19-17-28(15-7-14-24)22-9-6-5-8-21(19)22/h5-6,8-13,16-17H,3-4,7,15H2,1-2H3,(H,26,29)/b25-16-. The number of amides is 1. The van der Waals surface area contributed by atoms with Gasteiger partial charge in [-0.1, -0.05) is 18.2 Å². The molecule has 0 atom stereocenters. The highest BCUT2D eigenvalue weighted by Crippen LogP contribution is 2.20. The lowest BCUT2D eigenvalue weighted by molar-refractivity contribution is 0.0955. The van der Waals surface area contributed by atoms with Gasteiger partial charge < -0.3 is 9.47 Å². The van der Waals surface area contributed by atoms with Crippen molar-refractivity contribution in [1.82, 2.24) is 9.99 Å². The van der Waals surface area contributed by atoms with Crippen LogP contribution in [-0.4, -0.2) is 29.8 Å². The van der Waals surface area contributed by atoms with E-state index in [1.54, 1.807) is 6.21 Å². The minimum Gasteiger partial charge on any atom is -0.372 e. The Labute approximate surface area is 171 Å². The third kappa shape index (κ3) is 4.64. The quantitative estimate of drug-likeness (QED) is 0.466. The summed E-state index contributed by atoms with van der Waals surface area (Å²) in [6.45, 7) is 6.69. The lowest BCUT2D eigenvalue weighted by Crippen LogP contribution is -2.22. The highest BCUT2D eigenvalue weighted by molar-refractivity contribution is 6.00. The van der Waals surface area contributed by atoms with Gasteiger partial charge >= 0.3 is 0 Å². The van der Waals surface area contributed by atoms with Gasteiger partial charge in [0, 0.05) is 53.5 Å². The molecule has 1 amide bonds. The van der Waals surface area contributed by atoms with Crippen LogP contribution in [0.4, 0.5) is 5.69 Å². The first-order valence-corrected chi connectivity index (χ1v) is 9.81. The molecule has 6 heteroatoms. The van der Waals surface area contributed by atoms with Crippen molar-refractivity contribution in [2.45, 2.75) is 26.8 Å². The average Bonchev–Trinajstić information content (AvgIpc) is 3.11. The molecule has 0 fully saturated rings. The smallest absolute Gasteiger partial charge is 0.271 e. The first-order chi connectivity index (χ1) is 14.2. The highest BCUT2D eigenvalue weighted by Gasteiger charge is 2.08. The number of aryl methyl sites for hydroxylation is 1. The summed E-state index contributed by atoms with van der Waals surface area (Å²) in [4.78, 5) is 14.6. The molecule has 1 heterocycles. The van der Waals surface area contributed by atoms with Gasteiger partial charge in [0.2, 0.25) is 0 Å². The molecule has 148 valence electrons. The summed E-state index contributed by atoms with van der Waals surface area (Å²) in [7, 11) is 0. The molecule has 1 N–H and O–H groups in total. The number of rotatable bonds is 8. The molecule has 1 aromatic heterocycles. The van der Waals surface area contributed by atoms with Crippen LogP contribution < -0.4 is 10.3 Å². The summed E-state index contributed by atoms with van der Waals surface area (Å²) < 4.78 is 2.04. The number of fused-ring (bicyclic) bond motifs is 1. The Balaban J connectivity index is 1.71. The van der Waals surface area contributed by atoms with Crippen LogP contribution in [0.5, 0.6) is 0 Å². The van der Waals surface area contributed by atoms with Crippen molar-refractivity contribution < 1.29 is 4.79 Å². The van der Waals surface area contributed by atoms with Gasteiger partial charge in [-0.15, -0.1) is 0 Å². The minimum absolute atomic E-state index is 0.249. The fourth-order valence-corrected chi connectivity index (χ4v) is 3.37. The summed E-state index contributed by atoms with van der Waals surface area (Å²) in [5, 5.41) is 14.0. The fourth-order valence-electron chi connectivity index (χ4n) is 3.37. The number of carbonyl (C=O) groups excluding carboxylic acids is 1. The van der Waals surface area contributed by atoms with Crippen LogP contribution in [0.1, 0.15) is 36.2 Å². The van der Waals surface area contributed by atoms with Crippen LogP contribution in [0.25, 0.3) is 10.9 Å². The second-order valence-electron chi connectivity index (χ2n) is 6.62. The number of benzene rings is 2. The largest absolute Gasteiger partial charge is 0.372 e. The van der Waals surface area contributed by atoms with Gasteiger partial charge in [-0.3, -0.25) is 4.79 Å². The van der Waals surface area contributed by atoms with Gasteiger partial charge in [-0.25, -0.2) is 5.43 Å². The molecule has 0 aliphatic rings. The van der Waals surface area contributed by atoms with E-state index in [1.807, 2.05) is 59.3 Å². The lowest BCUT2D eigenvalue weighted by atomic mass is 10.2. The number of carbonyl (C=O) groups is 1. The zero-order valence-corrected chi connectivity index (χ0v) is 16.8. The Bertz CT molecular complexity index is 1040. The molecule has 2 aromatic carbocycles. The highest BCUT2D eigenvalue weighted by atomic mass is 16.2. The van der Waals surface area contributed by atoms with Crippen LogP contribution in [0.2, 0.25) is 0 Å². The van der Waals surface area contributed by atoms with E-state index in [0.717, 1.165) is 35.2 Å². The number of hydrazone groups is 1. The Morgan fingerprint density at radius 1 is 1.17 bits per heavy atom. The van der Waals surface area contributed by atoms with Crippen molar-refractivity contribution in [2.75, 3.05) is 18.0 Å².